The van der Waals surface area contributed by atoms with E-state index in [9.17, 15) is 4.79 Å². The molecule has 0 aliphatic carbocycles. The number of carbonyl (C=O) groups excluding carboxylic acids is 1. The zero-order chi connectivity index (χ0) is 22.4. The van der Waals surface area contributed by atoms with Gasteiger partial charge >= 0.3 is 5.97 Å². The molecule has 0 N–H and O–H groups in total. The van der Waals surface area contributed by atoms with Crippen LogP contribution in [0.25, 0.3) is 0 Å². The first kappa shape index (κ1) is 27.1. The first-order valence-corrected chi connectivity index (χ1v) is 11.9. The number of esters is 1. The number of epoxide rings is 1. The fourth-order valence-electron chi connectivity index (χ4n) is 2.74. The summed E-state index contributed by atoms with van der Waals surface area (Å²) in [4.78, 5) is 11.9. The second-order valence-electron chi connectivity index (χ2n) is 7.56. The molecule has 1 saturated heterocycles. The minimum atomic E-state index is -0.451. The van der Waals surface area contributed by atoms with Gasteiger partial charge in [-0.25, -0.2) is 4.79 Å². The summed E-state index contributed by atoms with van der Waals surface area (Å²) in [5.41, 5.74) is 0. The Balaban J connectivity index is 1.93. The van der Waals surface area contributed by atoms with E-state index in [1.807, 2.05) is 6.92 Å². The Labute approximate surface area is 189 Å². The van der Waals surface area contributed by atoms with Crippen LogP contribution in [0.15, 0.2) is 60.8 Å². The van der Waals surface area contributed by atoms with Crippen LogP contribution in [0.3, 0.4) is 0 Å². The number of hydrogen-bond acceptors (Lipinski definition) is 4. The van der Waals surface area contributed by atoms with E-state index in [0.29, 0.717) is 26.2 Å². The Morgan fingerprint density at radius 1 is 0.871 bits per heavy atom. The molecule has 0 aromatic carbocycles. The summed E-state index contributed by atoms with van der Waals surface area (Å²) in [6.45, 7) is 5.74. The second kappa shape index (κ2) is 20.0. The predicted octanol–water partition coefficient (Wildman–Crippen LogP) is 6.65. The molecule has 1 aliphatic rings. The van der Waals surface area contributed by atoms with Crippen molar-refractivity contribution < 1.29 is 19.0 Å². The lowest BCUT2D eigenvalue weighted by Crippen LogP contribution is -2.27. The molecule has 4 nitrogen and oxygen atoms in total. The Kier molecular flexibility index (Phi) is 17.5. The van der Waals surface area contributed by atoms with Crippen molar-refractivity contribution in [2.24, 2.45) is 0 Å². The van der Waals surface area contributed by atoms with Gasteiger partial charge in [0.05, 0.1) is 6.61 Å². The van der Waals surface area contributed by atoms with Gasteiger partial charge in [0, 0.05) is 6.61 Å². The highest BCUT2D eigenvalue weighted by Crippen LogP contribution is 2.11. The standard InChI is InChI=1S/C27H42O4/c1-3-5-6-7-8-9-10-11-12-13-14-15-16-17-18-19-20-21-22-29-26(4-2)27(28)31-24-25-23-30-25/h5-6,8-9,11-12,14-15,17-18,25-26H,3-4,7,10,13,16,19-24H2,1-2H3/b6-5-,9-8-,12-11-,15-14-,18-17-. The van der Waals surface area contributed by atoms with Gasteiger partial charge < -0.3 is 14.2 Å². The third-order valence-electron chi connectivity index (χ3n) is 4.69. The Morgan fingerprint density at radius 3 is 1.94 bits per heavy atom. The molecule has 2 unspecified atom stereocenters. The fourth-order valence-corrected chi connectivity index (χ4v) is 2.74. The molecule has 1 aliphatic heterocycles. The van der Waals surface area contributed by atoms with Gasteiger partial charge in [0.15, 0.2) is 6.10 Å². The van der Waals surface area contributed by atoms with E-state index in [2.05, 4.69) is 67.7 Å². The molecule has 0 radical (unpaired) electrons. The summed E-state index contributed by atoms with van der Waals surface area (Å²) in [6, 6.07) is 0. The van der Waals surface area contributed by atoms with Crippen molar-refractivity contribution in [1.82, 2.24) is 0 Å². The van der Waals surface area contributed by atoms with Gasteiger partial charge in [-0.05, 0) is 57.8 Å². The molecular weight excluding hydrogens is 388 g/mol. The Morgan fingerprint density at radius 2 is 1.42 bits per heavy atom. The zero-order valence-electron chi connectivity index (χ0n) is 19.5. The van der Waals surface area contributed by atoms with E-state index in [-0.39, 0.29) is 12.1 Å². The highest BCUT2D eigenvalue weighted by atomic mass is 16.6. The zero-order valence-corrected chi connectivity index (χ0v) is 19.5. The van der Waals surface area contributed by atoms with E-state index >= 15 is 0 Å². The number of hydrogen-bond donors (Lipinski definition) is 0. The number of carbonyl (C=O) groups is 1. The molecular formula is C27H42O4. The molecule has 1 heterocycles. The van der Waals surface area contributed by atoms with Gasteiger partial charge in [-0.3, -0.25) is 0 Å². The molecule has 0 amide bonds. The summed E-state index contributed by atoms with van der Waals surface area (Å²) >= 11 is 0. The van der Waals surface area contributed by atoms with Gasteiger partial charge in [0.25, 0.3) is 0 Å². The molecule has 0 aromatic heterocycles. The second-order valence-corrected chi connectivity index (χ2v) is 7.56. The maximum Gasteiger partial charge on any atom is 0.335 e. The van der Waals surface area contributed by atoms with Crippen LogP contribution in [0, 0.1) is 0 Å². The maximum atomic E-state index is 11.9. The van der Waals surface area contributed by atoms with E-state index in [0.717, 1.165) is 51.4 Å². The summed E-state index contributed by atoms with van der Waals surface area (Å²) in [6.07, 6.45) is 30.6. The van der Waals surface area contributed by atoms with Gasteiger partial charge in [-0.2, -0.15) is 0 Å². The largest absolute Gasteiger partial charge is 0.461 e. The lowest BCUT2D eigenvalue weighted by Gasteiger charge is -2.14. The number of rotatable bonds is 19. The lowest BCUT2D eigenvalue weighted by molar-refractivity contribution is -0.158. The molecule has 1 fully saturated rings. The fraction of sp³-hybridized carbons (Fsp3) is 0.593. The first-order valence-electron chi connectivity index (χ1n) is 11.9. The minimum absolute atomic E-state index is 0.102. The van der Waals surface area contributed by atoms with Gasteiger partial charge in [-0.15, -0.1) is 0 Å². The third-order valence-corrected chi connectivity index (χ3v) is 4.69. The van der Waals surface area contributed by atoms with E-state index in [1.54, 1.807) is 0 Å². The molecule has 4 heteroatoms. The predicted molar refractivity (Wildman–Crippen MR) is 129 cm³/mol. The van der Waals surface area contributed by atoms with Crippen molar-refractivity contribution >= 4 is 5.97 Å². The molecule has 2 atom stereocenters. The molecule has 0 saturated carbocycles. The topological polar surface area (TPSA) is 48.1 Å². The van der Waals surface area contributed by atoms with Gasteiger partial charge in [0.1, 0.15) is 12.7 Å². The van der Waals surface area contributed by atoms with Gasteiger partial charge in [0.2, 0.25) is 0 Å². The van der Waals surface area contributed by atoms with Crippen molar-refractivity contribution in [3.8, 4) is 0 Å². The normalized spacial score (nSPS) is 17.7. The van der Waals surface area contributed by atoms with Crippen LogP contribution in [0.1, 0.15) is 71.6 Å². The lowest BCUT2D eigenvalue weighted by atomic mass is 10.2. The Hall–Kier alpha value is -1.91. The molecule has 1 rings (SSSR count). The molecule has 174 valence electrons. The molecule has 0 bridgehead atoms. The van der Waals surface area contributed by atoms with Crippen molar-refractivity contribution in [1.29, 1.82) is 0 Å². The Bertz CT molecular complexity index is 582. The highest BCUT2D eigenvalue weighted by molar-refractivity contribution is 5.74. The number of ether oxygens (including phenoxy) is 3. The first-order chi connectivity index (χ1) is 15.3. The molecule has 31 heavy (non-hydrogen) atoms. The quantitative estimate of drug-likeness (QED) is 0.0996. The molecule has 0 spiro atoms. The van der Waals surface area contributed by atoms with E-state index in [1.165, 1.54) is 0 Å². The van der Waals surface area contributed by atoms with Crippen LogP contribution in [-0.4, -0.2) is 38.0 Å². The van der Waals surface area contributed by atoms with Crippen molar-refractivity contribution in [3.05, 3.63) is 60.8 Å². The van der Waals surface area contributed by atoms with Crippen molar-refractivity contribution in [2.75, 3.05) is 19.8 Å². The smallest absolute Gasteiger partial charge is 0.335 e. The number of unbranched alkanes of at least 4 members (excludes halogenated alkanes) is 2. The SMILES string of the molecule is CC/C=C\C/C=C\C/C=C\C/C=C\C/C=C\CCCCOC(CC)C(=O)OCC1CO1. The van der Waals surface area contributed by atoms with Crippen LogP contribution in [-0.2, 0) is 19.0 Å². The highest BCUT2D eigenvalue weighted by Gasteiger charge is 2.26. The van der Waals surface area contributed by atoms with Crippen LogP contribution in [0.5, 0.6) is 0 Å². The summed E-state index contributed by atoms with van der Waals surface area (Å²) in [5.74, 6) is -0.268. The summed E-state index contributed by atoms with van der Waals surface area (Å²) in [7, 11) is 0. The number of allylic oxidation sites excluding steroid dienone is 10. The van der Waals surface area contributed by atoms with Gasteiger partial charge in [-0.1, -0.05) is 74.6 Å². The van der Waals surface area contributed by atoms with Crippen LogP contribution in [0.4, 0.5) is 0 Å². The average molecular weight is 431 g/mol. The molecule has 0 aromatic rings. The van der Waals surface area contributed by atoms with E-state index < -0.39 is 6.10 Å². The third kappa shape index (κ3) is 17.5. The summed E-state index contributed by atoms with van der Waals surface area (Å²) in [5, 5.41) is 0. The van der Waals surface area contributed by atoms with E-state index in [4.69, 9.17) is 14.2 Å². The maximum absolute atomic E-state index is 11.9. The van der Waals surface area contributed by atoms with Crippen molar-refractivity contribution in [2.45, 2.75) is 83.8 Å². The summed E-state index contributed by atoms with van der Waals surface area (Å²) < 4.78 is 15.9. The van der Waals surface area contributed by atoms with Crippen molar-refractivity contribution in [3.63, 3.8) is 0 Å². The van der Waals surface area contributed by atoms with Crippen LogP contribution in [0.2, 0.25) is 0 Å². The average Bonchev–Trinajstić information content (AvgIpc) is 3.61. The van der Waals surface area contributed by atoms with Crippen LogP contribution >= 0.6 is 0 Å². The van der Waals surface area contributed by atoms with Crippen LogP contribution < -0.4 is 0 Å². The monoisotopic (exact) mass is 430 g/mol. The minimum Gasteiger partial charge on any atom is -0.461 e.